The molecule has 1 unspecified atom stereocenters. The number of nitrogens with zero attached hydrogens (tertiary/aromatic N) is 6. The van der Waals surface area contributed by atoms with Crippen LogP contribution >= 0.6 is 0 Å². The van der Waals surface area contributed by atoms with Crippen molar-refractivity contribution < 1.29 is 14.1 Å². The number of anilines is 1. The van der Waals surface area contributed by atoms with Gasteiger partial charge in [0.25, 0.3) is 5.91 Å². The molecule has 11 heteroatoms. The van der Waals surface area contributed by atoms with E-state index in [0.717, 1.165) is 6.20 Å². The Labute approximate surface area is 152 Å². The Balaban J connectivity index is 1.69. The highest BCUT2D eigenvalue weighted by molar-refractivity contribution is 5.91. The number of nitro groups is 1. The monoisotopic (exact) mass is 373 g/mol. The van der Waals surface area contributed by atoms with Gasteiger partial charge in [0.15, 0.2) is 0 Å². The van der Waals surface area contributed by atoms with Gasteiger partial charge >= 0.3 is 5.69 Å². The minimum atomic E-state index is -0.808. The summed E-state index contributed by atoms with van der Waals surface area (Å²) < 4.78 is 16.3. The summed E-state index contributed by atoms with van der Waals surface area (Å²) in [5.74, 6) is -0.801. The molecule has 0 spiro atoms. The normalized spacial score (nSPS) is 12.0. The van der Waals surface area contributed by atoms with Crippen LogP contribution in [0.15, 0.2) is 36.8 Å². The number of rotatable bonds is 6. The lowest BCUT2D eigenvalue weighted by atomic mass is 10.2. The van der Waals surface area contributed by atoms with Crippen LogP contribution < -0.4 is 5.32 Å². The first-order chi connectivity index (χ1) is 12.9. The van der Waals surface area contributed by atoms with E-state index in [0.29, 0.717) is 5.56 Å². The Kier molecular flexibility index (Phi) is 4.92. The third-order valence-corrected chi connectivity index (χ3v) is 4.02. The molecule has 0 saturated heterocycles. The van der Waals surface area contributed by atoms with Gasteiger partial charge in [-0.1, -0.05) is 18.2 Å². The number of hydrogen-bond donors (Lipinski definition) is 1. The summed E-state index contributed by atoms with van der Waals surface area (Å²) in [6.07, 6.45) is 2.47. The second kappa shape index (κ2) is 7.32. The number of halogens is 1. The van der Waals surface area contributed by atoms with Crippen LogP contribution in [-0.4, -0.2) is 35.4 Å². The zero-order valence-corrected chi connectivity index (χ0v) is 14.5. The number of amides is 1. The van der Waals surface area contributed by atoms with Gasteiger partial charge in [0.2, 0.25) is 5.95 Å². The molecule has 10 nitrogen and oxygen atoms in total. The van der Waals surface area contributed by atoms with Crippen molar-refractivity contribution >= 4 is 17.5 Å². The number of aromatic nitrogens is 5. The standard InChI is InChI=1S/C16H16FN7O3/c1-10-14(24(26)27)7-19-23(10)11(2)15(25)20-16-18-9-22(21-16)8-12-5-3-4-6-13(12)17/h3-7,9,11H,8H2,1-2H3,(H,20,21,25). The van der Waals surface area contributed by atoms with Gasteiger partial charge in [0.05, 0.1) is 11.5 Å². The van der Waals surface area contributed by atoms with Crippen molar-refractivity contribution in [2.45, 2.75) is 26.4 Å². The number of nitrogens with one attached hydrogen (secondary N) is 1. The molecule has 0 fully saturated rings. The van der Waals surface area contributed by atoms with E-state index in [2.05, 4.69) is 20.5 Å². The minimum Gasteiger partial charge on any atom is -0.291 e. The van der Waals surface area contributed by atoms with E-state index >= 15 is 0 Å². The molecule has 0 bridgehead atoms. The van der Waals surface area contributed by atoms with Gasteiger partial charge in [0, 0.05) is 5.56 Å². The number of hydrogen-bond acceptors (Lipinski definition) is 6. The molecule has 1 aromatic carbocycles. The average Bonchev–Trinajstić information content (AvgIpc) is 3.22. The predicted molar refractivity (Wildman–Crippen MR) is 92.5 cm³/mol. The van der Waals surface area contributed by atoms with Gasteiger partial charge in [0.1, 0.15) is 30.1 Å². The molecule has 0 aliphatic carbocycles. The van der Waals surface area contributed by atoms with Crippen molar-refractivity contribution in [1.29, 1.82) is 0 Å². The Bertz CT molecular complexity index is 998. The molecule has 1 amide bonds. The third-order valence-electron chi connectivity index (χ3n) is 4.02. The largest absolute Gasteiger partial charge is 0.309 e. The van der Waals surface area contributed by atoms with E-state index in [-0.39, 0.29) is 29.7 Å². The van der Waals surface area contributed by atoms with Crippen molar-refractivity contribution in [2.75, 3.05) is 5.32 Å². The highest BCUT2D eigenvalue weighted by Gasteiger charge is 2.24. The van der Waals surface area contributed by atoms with Crippen molar-refractivity contribution in [3.8, 4) is 0 Å². The lowest BCUT2D eigenvalue weighted by Gasteiger charge is -2.12. The first-order valence-corrected chi connectivity index (χ1v) is 7.99. The van der Waals surface area contributed by atoms with E-state index < -0.39 is 16.9 Å². The molecule has 0 aliphatic heterocycles. The van der Waals surface area contributed by atoms with Gasteiger partial charge in [-0.05, 0) is 19.9 Å². The highest BCUT2D eigenvalue weighted by atomic mass is 19.1. The Morgan fingerprint density at radius 3 is 2.81 bits per heavy atom. The lowest BCUT2D eigenvalue weighted by Crippen LogP contribution is -2.25. The summed E-state index contributed by atoms with van der Waals surface area (Å²) in [5, 5.41) is 21.4. The first-order valence-electron chi connectivity index (χ1n) is 7.99. The summed E-state index contributed by atoms with van der Waals surface area (Å²) in [4.78, 5) is 26.7. The Morgan fingerprint density at radius 2 is 2.15 bits per heavy atom. The summed E-state index contributed by atoms with van der Waals surface area (Å²) >= 11 is 0. The molecule has 0 aliphatic rings. The minimum absolute atomic E-state index is 0.0440. The third kappa shape index (κ3) is 3.81. The Hall–Kier alpha value is -3.63. The van der Waals surface area contributed by atoms with Crippen LogP contribution in [0.4, 0.5) is 16.0 Å². The molecule has 140 valence electrons. The predicted octanol–water partition coefficient (Wildman–Crippen LogP) is 2.08. The van der Waals surface area contributed by atoms with Crippen molar-refractivity contribution in [3.05, 3.63) is 64.0 Å². The summed E-state index contributed by atoms with van der Waals surface area (Å²) in [7, 11) is 0. The summed E-state index contributed by atoms with van der Waals surface area (Å²) in [6, 6.07) is 5.48. The van der Waals surface area contributed by atoms with E-state index in [1.807, 2.05) is 0 Å². The first kappa shape index (κ1) is 18.2. The van der Waals surface area contributed by atoms with Crippen molar-refractivity contribution in [2.24, 2.45) is 0 Å². The maximum atomic E-state index is 13.7. The van der Waals surface area contributed by atoms with Gasteiger partial charge in [-0.25, -0.2) is 14.1 Å². The smallest absolute Gasteiger partial charge is 0.291 e. The second-order valence-corrected chi connectivity index (χ2v) is 5.84. The molecule has 27 heavy (non-hydrogen) atoms. The van der Waals surface area contributed by atoms with E-state index in [1.54, 1.807) is 25.1 Å². The summed E-state index contributed by atoms with van der Waals surface area (Å²) in [6.45, 7) is 3.22. The van der Waals surface area contributed by atoms with Crippen LogP contribution in [-0.2, 0) is 11.3 Å². The van der Waals surface area contributed by atoms with E-state index in [1.165, 1.54) is 28.7 Å². The molecule has 3 aromatic rings. The molecule has 2 aromatic heterocycles. The molecule has 0 radical (unpaired) electrons. The average molecular weight is 373 g/mol. The van der Waals surface area contributed by atoms with Gasteiger partial charge < -0.3 is 0 Å². The number of carbonyl (C=O) groups excluding carboxylic acids is 1. The number of carbonyl (C=O) groups is 1. The van der Waals surface area contributed by atoms with Crippen LogP contribution in [0.25, 0.3) is 0 Å². The van der Waals surface area contributed by atoms with Crippen molar-refractivity contribution in [1.82, 2.24) is 24.5 Å². The molecular formula is C16H16FN7O3. The fraction of sp³-hybridized carbons (Fsp3) is 0.250. The van der Waals surface area contributed by atoms with Crippen LogP contribution in [0.3, 0.4) is 0 Å². The molecule has 0 saturated carbocycles. The van der Waals surface area contributed by atoms with Crippen LogP contribution in [0.1, 0.15) is 24.2 Å². The molecule has 3 rings (SSSR count). The molecular weight excluding hydrogens is 357 g/mol. The van der Waals surface area contributed by atoms with Crippen molar-refractivity contribution in [3.63, 3.8) is 0 Å². The maximum Gasteiger partial charge on any atom is 0.309 e. The van der Waals surface area contributed by atoms with Gasteiger partial charge in [-0.15, -0.1) is 5.10 Å². The fourth-order valence-electron chi connectivity index (χ4n) is 2.54. The van der Waals surface area contributed by atoms with Crippen LogP contribution in [0.5, 0.6) is 0 Å². The topological polar surface area (TPSA) is 121 Å². The SMILES string of the molecule is Cc1c([N+](=O)[O-])cnn1C(C)C(=O)Nc1ncn(Cc2ccccc2F)n1. The van der Waals surface area contributed by atoms with Crippen LogP contribution in [0.2, 0.25) is 0 Å². The zero-order valence-electron chi connectivity index (χ0n) is 14.5. The van der Waals surface area contributed by atoms with E-state index in [4.69, 9.17) is 0 Å². The molecule has 2 heterocycles. The van der Waals surface area contributed by atoms with E-state index in [9.17, 15) is 19.3 Å². The molecule has 1 N–H and O–H groups in total. The zero-order chi connectivity index (χ0) is 19.6. The molecule has 1 atom stereocenters. The Morgan fingerprint density at radius 1 is 1.41 bits per heavy atom. The fourth-order valence-corrected chi connectivity index (χ4v) is 2.54. The van der Waals surface area contributed by atoms with Gasteiger partial charge in [-0.2, -0.15) is 5.10 Å². The number of benzene rings is 1. The lowest BCUT2D eigenvalue weighted by molar-refractivity contribution is -0.385. The summed E-state index contributed by atoms with van der Waals surface area (Å²) in [5.41, 5.74) is 0.538. The quantitative estimate of drug-likeness (QED) is 0.522. The second-order valence-electron chi connectivity index (χ2n) is 5.84. The highest BCUT2D eigenvalue weighted by Crippen LogP contribution is 2.20. The maximum absolute atomic E-state index is 13.7. The van der Waals surface area contributed by atoms with Crippen LogP contribution in [0, 0.1) is 22.9 Å². The van der Waals surface area contributed by atoms with Gasteiger partial charge in [-0.3, -0.25) is 24.9 Å².